The van der Waals surface area contributed by atoms with E-state index in [1.54, 1.807) is 5.69 Å². The molecular formula is C46H61N2PRu. The SMILES string of the molecule is Cc1cc(C)c(N2CCN(C)C2=P(C2CCCCC2)(C2CCCCC2)C2CCCCC2)c(C)c1.[Ru]=[C]1C=C(c2ccccc2)c2ccccc21. The van der Waals surface area contributed by atoms with Crippen LogP contribution in [0.4, 0.5) is 5.69 Å². The normalized spacial score (nSPS) is 21.2. The first-order valence-electron chi connectivity index (χ1n) is 20.1. The van der Waals surface area contributed by atoms with E-state index < -0.39 is 6.89 Å². The molecule has 0 radical (unpaired) electrons. The summed E-state index contributed by atoms with van der Waals surface area (Å²) >= 11 is 2.71. The number of aryl methyl sites for hydroxylation is 3. The Balaban J connectivity index is 0.000000203. The summed E-state index contributed by atoms with van der Waals surface area (Å²) in [6.07, 6.45) is 24.8. The van der Waals surface area contributed by atoms with Crippen molar-refractivity contribution in [3.8, 4) is 0 Å². The molecule has 0 N–H and O–H groups in total. The summed E-state index contributed by atoms with van der Waals surface area (Å²) in [5.74, 6) is 0. The molecule has 2 nitrogen and oxygen atoms in total. The standard InChI is InChI=1S/C31H51N2P.C15H10.Ru/c1-24-22-25(2)30(26(3)23-24)33-21-20-32(4)31(33)34(27-14-8-5-9-15-27,28-16-10-6-11-17-28)29-18-12-7-13-19-29;1-2-6-12(7-3-1)15-11-10-13-8-4-5-9-14(13)15;/h22-23,27-29H,5-21H2,1-4H3;1-9,11H;. The third kappa shape index (κ3) is 7.15. The minimum atomic E-state index is -1.33. The molecule has 5 aliphatic rings. The van der Waals surface area contributed by atoms with Crippen molar-refractivity contribution in [2.45, 2.75) is 134 Å². The maximum atomic E-state index is 2.93. The predicted octanol–water partition coefficient (Wildman–Crippen LogP) is 11.7. The Morgan fingerprint density at radius 2 is 1.08 bits per heavy atom. The molecule has 4 heteroatoms. The van der Waals surface area contributed by atoms with E-state index in [0.29, 0.717) is 0 Å². The fourth-order valence-corrected chi connectivity index (χ4v) is 19.3. The van der Waals surface area contributed by atoms with Crippen molar-refractivity contribution in [2.75, 3.05) is 25.0 Å². The number of anilines is 1. The van der Waals surface area contributed by atoms with Crippen molar-refractivity contribution in [2.24, 2.45) is 0 Å². The molecule has 4 fully saturated rings. The van der Waals surface area contributed by atoms with Crippen LogP contribution < -0.4 is 4.90 Å². The molecule has 0 aromatic heterocycles. The van der Waals surface area contributed by atoms with Gasteiger partial charge < -0.3 is 4.90 Å². The summed E-state index contributed by atoms with van der Waals surface area (Å²) in [6.45, 7) is 8.12. The van der Waals surface area contributed by atoms with E-state index in [2.05, 4.69) is 128 Å². The van der Waals surface area contributed by atoms with Crippen LogP contribution >= 0.6 is 6.89 Å². The molecule has 0 bridgehead atoms. The fraction of sp³-hybridized carbons (Fsp3) is 0.522. The molecule has 50 heavy (non-hydrogen) atoms. The summed E-state index contributed by atoms with van der Waals surface area (Å²) in [5.41, 5.74) is 16.1. The average Bonchev–Trinajstić information content (AvgIpc) is 3.70. The summed E-state index contributed by atoms with van der Waals surface area (Å²) < 4.78 is 1.29. The predicted molar refractivity (Wildman–Crippen MR) is 217 cm³/mol. The van der Waals surface area contributed by atoms with Crippen LogP contribution in [0.1, 0.15) is 130 Å². The van der Waals surface area contributed by atoms with Crippen molar-refractivity contribution < 1.29 is 17.9 Å². The summed E-state index contributed by atoms with van der Waals surface area (Å²) in [7, 11) is 2.48. The summed E-state index contributed by atoms with van der Waals surface area (Å²) in [5, 5.41) is 0. The minimum absolute atomic E-state index is 0.997. The van der Waals surface area contributed by atoms with Crippen LogP contribution in [0.3, 0.4) is 0 Å². The van der Waals surface area contributed by atoms with Crippen molar-refractivity contribution >= 4 is 27.8 Å². The molecule has 3 aromatic carbocycles. The molecule has 3 saturated carbocycles. The van der Waals surface area contributed by atoms with Gasteiger partial charge in [-0.2, -0.15) is 0 Å². The molecule has 0 atom stereocenters. The van der Waals surface area contributed by atoms with Crippen molar-refractivity contribution in [3.63, 3.8) is 0 Å². The van der Waals surface area contributed by atoms with E-state index in [4.69, 9.17) is 0 Å². The topological polar surface area (TPSA) is 6.48 Å². The Hall–Kier alpha value is -2.05. The van der Waals surface area contributed by atoms with Crippen LogP contribution in [0.15, 0.2) is 72.8 Å². The van der Waals surface area contributed by atoms with E-state index in [9.17, 15) is 0 Å². The Labute approximate surface area is 314 Å². The van der Waals surface area contributed by atoms with Gasteiger partial charge in [-0.3, -0.25) is 4.90 Å². The van der Waals surface area contributed by atoms with Gasteiger partial charge in [0.15, 0.2) is 0 Å². The van der Waals surface area contributed by atoms with Crippen molar-refractivity contribution in [1.82, 2.24) is 4.90 Å². The zero-order chi connectivity index (χ0) is 34.7. The number of hydrogen-bond acceptors (Lipinski definition) is 0. The van der Waals surface area contributed by atoms with Gasteiger partial charge in [0.1, 0.15) is 0 Å². The van der Waals surface area contributed by atoms with Gasteiger partial charge in [-0.15, -0.1) is 0 Å². The monoisotopic (exact) mass is 774 g/mol. The first kappa shape index (κ1) is 36.3. The van der Waals surface area contributed by atoms with E-state index in [1.807, 2.05) is 5.54 Å². The third-order valence-corrected chi connectivity index (χ3v) is 20.0. The van der Waals surface area contributed by atoms with Gasteiger partial charge in [0, 0.05) is 18.8 Å². The van der Waals surface area contributed by atoms with E-state index in [-0.39, 0.29) is 0 Å². The summed E-state index contributed by atoms with van der Waals surface area (Å²) in [6, 6.07) is 24.0. The molecule has 1 saturated heterocycles. The maximum absolute atomic E-state index is 2.93. The van der Waals surface area contributed by atoms with Crippen LogP contribution in [0, 0.1) is 20.8 Å². The number of hydrogen-bond donors (Lipinski definition) is 0. The molecule has 0 spiro atoms. The van der Waals surface area contributed by atoms with Gasteiger partial charge in [-0.05, 0) is 94.4 Å². The Kier molecular flexibility index (Phi) is 11.9. The zero-order valence-electron chi connectivity index (χ0n) is 31.4. The first-order valence-corrected chi connectivity index (χ1v) is 23.0. The molecule has 4 aliphatic carbocycles. The van der Waals surface area contributed by atoms with E-state index >= 15 is 0 Å². The fourth-order valence-electron chi connectivity index (χ4n) is 10.9. The third-order valence-electron chi connectivity index (χ3n) is 12.9. The number of likely N-dealkylation sites (N-methyl/N-ethyl adjacent to an activating group) is 1. The Bertz CT molecular complexity index is 1660. The van der Waals surface area contributed by atoms with E-state index in [1.165, 1.54) is 152 Å². The van der Waals surface area contributed by atoms with Crippen molar-refractivity contribution in [1.29, 1.82) is 0 Å². The first-order chi connectivity index (χ1) is 24.4. The van der Waals surface area contributed by atoms with Crippen molar-refractivity contribution in [3.05, 3.63) is 106 Å². The number of allylic oxidation sites excluding steroid dienone is 1. The quantitative estimate of drug-likeness (QED) is 0.188. The molecule has 1 heterocycles. The van der Waals surface area contributed by atoms with Crippen LogP contribution in [0.2, 0.25) is 0 Å². The van der Waals surface area contributed by atoms with Crippen LogP contribution in [-0.2, 0) is 17.9 Å². The molecule has 268 valence electrons. The molecule has 3 aromatic rings. The van der Waals surface area contributed by atoms with Crippen LogP contribution in [0.5, 0.6) is 0 Å². The van der Waals surface area contributed by atoms with Gasteiger partial charge in [-0.25, -0.2) is 0 Å². The van der Waals surface area contributed by atoms with Gasteiger partial charge in [-0.1, -0.05) is 82.4 Å². The Morgan fingerprint density at radius 3 is 1.60 bits per heavy atom. The van der Waals surface area contributed by atoms with Gasteiger partial charge >= 0.3 is 105 Å². The number of rotatable bonds is 5. The number of nitrogens with zero attached hydrogens (tertiary/aromatic N) is 2. The van der Waals surface area contributed by atoms with E-state index in [0.717, 1.165) is 17.0 Å². The molecule has 0 amide bonds. The Morgan fingerprint density at radius 1 is 0.600 bits per heavy atom. The van der Waals surface area contributed by atoms with Crippen LogP contribution in [-0.4, -0.2) is 51.7 Å². The van der Waals surface area contributed by atoms with Crippen LogP contribution in [0.25, 0.3) is 5.57 Å². The molecule has 0 unspecified atom stereocenters. The second-order valence-corrected chi connectivity index (χ2v) is 21.3. The zero-order valence-corrected chi connectivity index (χ0v) is 34.0. The van der Waals surface area contributed by atoms with Gasteiger partial charge in [0.25, 0.3) is 0 Å². The average molecular weight is 774 g/mol. The second-order valence-electron chi connectivity index (χ2n) is 16.1. The van der Waals surface area contributed by atoms with Gasteiger partial charge in [0.05, 0.1) is 5.54 Å². The van der Waals surface area contributed by atoms with Gasteiger partial charge in [0.2, 0.25) is 0 Å². The molecule has 8 rings (SSSR count). The molecule has 1 aliphatic heterocycles. The number of fused-ring (bicyclic) bond motifs is 1. The summed E-state index contributed by atoms with van der Waals surface area (Å²) in [4.78, 5) is 5.74. The second kappa shape index (κ2) is 16.3. The number of benzene rings is 3. The molecular weight excluding hydrogens is 713 g/mol.